The fraction of sp³-hybridized carbons (Fsp3) is 0.0833. The second-order valence-electron chi connectivity index (χ2n) is 3.76. The molecule has 0 unspecified atom stereocenters. The summed E-state index contributed by atoms with van der Waals surface area (Å²) in [6.07, 6.45) is 0. The van der Waals surface area contributed by atoms with Gasteiger partial charge in [0.25, 0.3) is 0 Å². The first-order valence-electron chi connectivity index (χ1n) is 5.41. The summed E-state index contributed by atoms with van der Waals surface area (Å²) in [5.41, 5.74) is 12.1. The normalized spacial score (nSPS) is 10.4. The van der Waals surface area contributed by atoms with Gasteiger partial charge in [0.05, 0.1) is 5.52 Å². The summed E-state index contributed by atoms with van der Waals surface area (Å²) in [6, 6.07) is 9.68. The monoisotopic (exact) mass is 293 g/mol. The molecule has 5 nitrogen and oxygen atoms in total. The molecule has 0 saturated carbocycles. The number of pyridine rings is 1. The van der Waals surface area contributed by atoms with E-state index in [2.05, 4.69) is 9.98 Å². The number of rotatable bonds is 2. The van der Waals surface area contributed by atoms with Crippen LogP contribution in [0.3, 0.4) is 0 Å². The number of benzene rings is 1. The lowest BCUT2D eigenvalue weighted by atomic mass is 10.2. The Morgan fingerprint density at radius 1 is 1.37 bits per heavy atom. The summed E-state index contributed by atoms with van der Waals surface area (Å²) < 4.78 is 0. The first-order valence-corrected chi connectivity index (χ1v) is 6.78. The van der Waals surface area contributed by atoms with E-state index < -0.39 is 0 Å². The highest BCUT2D eigenvalue weighted by Crippen LogP contribution is 2.24. The molecule has 7 heteroatoms. The number of nitrogens with zero attached hydrogens (tertiary/aromatic N) is 2. The third kappa shape index (κ3) is 3.59. The van der Waals surface area contributed by atoms with E-state index >= 15 is 0 Å². The van der Waals surface area contributed by atoms with Crippen molar-refractivity contribution >= 4 is 45.4 Å². The van der Waals surface area contributed by atoms with Gasteiger partial charge in [-0.1, -0.05) is 41.6 Å². The molecule has 1 aromatic heterocycles. The predicted molar refractivity (Wildman–Crippen MR) is 81.6 cm³/mol. The largest absolute Gasteiger partial charge is 0.370 e. The second-order valence-corrected chi connectivity index (χ2v) is 5.08. The smallest absolute Gasteiger partial charge is 0.193 e. The number of nitrogens with two attached hydrogens (primary N) is 2. The molecule has 5 N–H and O–H groups in total. The van der Waals surface area contributed by atoms with Gasteiger partial charge in [0.1, 0.15) is 5.15 Å². The second kappa shape index (κ2) is 5.90. The summed E-state index contributed by atoms with van der Waals surface area (Å²) in [7, 11) is 0. The van der Waals surface area contributed by atoms with E-state index in [0.29, 0.717) is 10.9 Å². The zero-order chi connectivity index (χ0) is 13.8. The van der Waals surface area contributed by atoms with E-state index in [1.54, 1.807) is 0 Å². The van der Waals surface area contributed by atoms with Crippen molar-refractivity contribution in [3.8, 4) is 0 Å². The average Bonchev–Trinajstić information content (AvgIpc) is 2.35. The molecule has 0 atom stereocenters. The number of guanidine groups is 1. The van der Waals surface area contributed by atoms with Crippen LogP contribution in [0, 0.1) is 5.41 Å². The van der Waals surface area contributed by atoms with Crippen LogP contribution < -0.4 is 11.5 Å². The minimum atomic E-state index is -0.125. The Kier molecular flexibility index (Phi) is 4.24. The molecule has 0 saturated heterocycles. The van der Waals surface area contributed by atoms with Gasteiger partial charge in [-0.3, -0.25) is 5.41 Å². The van der Waals surface area contributed by atoms with Crippen LogP contribution in [-0.4, -0.2) is 16.1 Å². The van der Waals surface area contributed by atoms with Crippen molar-refractivity contribution in [2.45, 2.75) is 5.75 Å². The molecule has 2 rings (SSSR count). The molecule has 0 fully saturated rings. The topological polar surface area (TPSA) is 101 Å². The van der Waals surface area contributed by atoms with Gasteiger partial charge in [0.15, 0.2) is 11.1 Å². The lowest BCUT2D eigenvalue weighted by Gasteiger charge is -2.05. The van der Waals surface area contributed by atoms with Crippen LogP contribution in [0.25, 0.3) is 10.9 Å². The Labute approximate surface area is 119 Å². The molecule has 0 spiro atoms. The van der Waals surface area contributed by atoms with Gasteiger partial charge >= 0.3 is 0 Å². The predicted octanol–water partition coefficient (Wildman–Crippen LogP) is 2.33. The van der Waals surface area contributed by atoms with E-state index in [1.807, 2.05) is 30.3 Å². The molecule has 0 aliphatic heterocycles. The van der Waals surface area contributed by atoms with Gasteiger partial charge in [0, 0.05) is 16.7 Å². The lowest BCUT2D eigenvalue weighted by Crippen LogP contribution is -2.23. The van der Waals surface area contributed by atoms with Gasteiger partial charge in [-0.25, -0.2) is 4.98 Å². The van der Waals surface area contributed by atoms with E-state index in [-0.39, 0.29) is 11.1 Å². The van der Waals surface area contributed by atoms with E-state index in [9.17, 15) is 0 Å². The minimum absolute atomic E-state index is 0.0456. The number of hydrogen-bond acceptors (Lipinski definition) is 3. The van der Waals surface area contributed by atoms with Crippen molar-refractivity contribution in [1.29, 1.82) is 5.41 Å². The number of hydrogen-bond donors (Lipinski definition) is 3. The SMILES string of the molecule is N=C(N=C(N)N)SCc1cc2ccccc2nc1Cl. The number of aliphatic imine (C=N–C) groups is 1. The van der Waals surface area contributed by atoms with Crippen LogP contribution in [-0.2, 0) is 5.75 Å². The summed E-state index contributed by atoms with van der Waals surface area (Å²) >= 11 is 7.30. The fourth-order valence-corrected chi connectivity index (χ4v) is 2.51. The van der Waals surface area contributed by atoms with Crippen molar-refractivity contribution in [3.05, 3.63) is 41.0 Å². The summed E-state index contributed by atoms with van der Waals surface area (Å²) in [4.78, 5) is 7.95. The zero-order valence-electron chi connectivity index (χ0n) is 9.93. The number of amidine groups is 1. The highest BCUT2D eigenvalue weighted by Gasteiger charge is 2.06. The van der Waals surface area contributed by atoms with Crippen LogP contribution in [0.1, 0.15) is 5.56 Å². The van der Waals surface area contributed by atoms with E-state index in [4.69, 9.17) is 28.5 Å². The average molecular weight is 294 g/mol. The number of thioether (sulfide) groups is 1. The van der Waals surface area contributed by atoms with Crippen molar-refractivity contribution in [2.24, 2.45) is 16.5 Å². The van der Waals surface area contributed by atoms with Crippen LogP contribution >= 0.6 is 23.4 Å². The molecule has 1 aromatic carbocycles. The van der Waals surface area contributed by atoms with Crippen molar-refractivity contribution in [2.75, 3.05) is 0 Å². The van der Waals surface area contributed by atoms with Gasteiger partial charge in [-0.15, -0.1) is 0 Å². The van der Waals surface area contributed by atoms with Crippen molar-refractivity contribution < 1.29 is 0 Å². The minimum Gasteiger partial charge on any atom is -0.370 e. The molecule has 0 aliphatic carbocycles. The maximum Gasteiger partial charge on any atom is 0.193 e. The number of halogens is 1. The van der Waals surface area contributed by atoms with E-state index in [0.717, 1.165) is 16.5 Å². The molecule has 0 amide bonds. The molecule has 1 heterocycles. The first-order chi connectivity index (χ1) is 9.06. The summed E-state index contributed by atoms with van der Waals surface area (Å²) in [5.74, 6) is 0.368. The number of fused-ring (bicyclic) bond motifs is 1. The van der Waals surface area contributed by atoms with E-state index in [1.165, 1.54) is 11.8 Å². The summed E-state index contributed by atoms with van der Waals surface area (Å²) in [5, 5.41) is 9.04. The van der Waals surface area contributed by atoms with Crippen LogP contribution in [0.4, 0.5) is 0 Å². The Balaban J connectivity index is 2.19. The molecular formula is C12H12ClN5S. The van der Waals surface area contributed by atoms with Gasteiger partial charge < -0.3 is 11.5 Å². The zero-order valence-corrected chi connectivity index (χ0v) is 11.5. The Morgan fingerprint density at radius 2 is 2.11 bits per heavy atom. The molecule has 0 bridgehead atoms. The highest BCUT2D eigenvalue weighted by molar-refractivity contribution is 8.13. The van der Waals surface area contributed by atoms with Crippen LogP contribution in [0.2, 0.25) is 5.15 Å². The Bertz CT molecular complexity index is 652. The van der Waals surface area contributed by atoms with Gasteiger partial charge in [0.2, 0.25) is 0 Å². The molecule has 2 aromatic rings. The number of para-hydroxylation sites is 1. The quantitative estimate of drug-likeness (QED) is 0.449. The molecule has 98 valence electrons. The lowest BCUT2D eigenvalue weighted by molar-refractivity contribution is 1.31. The van der Waals surface area contributed by atoms with Gasteiger partial charge in [-0.05, 0) is 12.1 Å². The van der Waals surface area contributed by atoms with Crippen molar-refractivity contribution in [1.82, 2.24) is 4.98 Å². The molecule has 19 heavy (non-hydrogen) atoms. The highest BCUT2D eigenvalue weighted by atomic mass is 35.5. The number of aromatic nitrogens is 1. The fourth-order valence-electron chi connectivity index (χ4n) is 1.53. The van der Waals surface area contributed by atoms with Crippen molar-refractivity contribution in [3.63, 3.8) is 0 Å². The van der Waals surface area contributed by atoms with Crippen LogP contribution in [0.15, 0.2) is 35.3 Å². The first kappa shape index (κ1) is 13.6. The third-order valence-corrected chi connectivity index (χ3v) is 3.49. The standard InChI is InChI=1S/C12H12ClN5S/c13-10-8(6-19-12(16)18-11(14)15)5-7-3-1-2-4-9(7)17-10/h1-5H,6H2,(H5,14,15,16,18). The molecular weight excluding hydrogens is 282 g/mol. The number of nitrogens with one attached hydrogen (secondary N) is 1. The maximum absolute atomic E-state index is 7.55. The van der Waals surface area contributed by atoms with Crippen LogP contribution in [0.5, 0.6) is 0 Å². The Hall–Kier alpha value is -1.79. The Morgan fingerprint density at radius 3 is 2.84 bits per heavy atom. The summed E-state index contributed by atoms with van der Waals surface area (Å²) in [6.45, 7) is 0. The molecule has 0 radical (unpaired) electrons. The van der Waals surface area contributed by atoms with Gasteiger partial charge in [-0.2, -0.15) is 4.99 Å². The molecule has 0 aliphatic rings. The maximum atomic E-state index is 7.55. The third-order valence-electron chi connectivity index (χ3n) is 2.35.